The number of hydrogen-bond donors (Lipinski definition) is 2. The van der Waals surface area contributed by atoms with E-state index < -0.39 is 0 Å². The van der Waals surface area contributed by atoms with Gasteiger partial charge in [0.25, 0.3) is 0 Å². The standard InChI is InChI=1S/C14H26N4O2/c1-6-10(4)16-13-11(15)14(20-8-7-19-5)18-12(17-13)9(2)3/h9-10H,6-8,15H2,1-5H3,(H,16,17,18). The van der Waals surface area contributed by atoms with Crippen molar-refractivity contribution >= 4 is 11.5 Å². The minimum atomic E-state index is 0.206. The summed E-state index contributed by atoms with van der Waals surface area (Å²) in [5, 5.41) is 3.30. The van der Waals surface area contributed by atoms with Gasteiger partial charge in [-0.25, -0.2) is 4.98 Å². The summed E-state index contributed by atoms with van der Waals surface area (Å²) in [6.45, 7) is 9.18. The van der Waals surface area contributed by atoms with Crippen LogP contribution in [0.4, 0.5) is 11.5 Å². The van der Waals surface area contributed by atoms with Crippen LogP contribution in [0.5, 0.6) is 5.88 Å². The lowest BCUT2D eigenvalue weighted by Gasteiger charge is -2.18. The van der Waals surface area contributed by atoms with E-state index in [1.165, 1.54) is 0 Å². The molecule has 1 heterocycles. The molecule has 3 N–H and O–H groups in total. The van der Waals surface area contributed by atoms with E-state index in [4.69, 9.17) is 15.2 Å². The number of nitrogens with one attached hydrogen (secondary N) is 1. The van der Waals surface area contributed by atoms with Gasteiger partial charge in [-0.3, -0.25) is 0 Å². The molecule has 1 aromatic rings. The second-order valence-corrected chi connectivity index (χ2v) is 5.10. The van der Waals surface area contributed by atoms with Crippen molar-refractivity contribution in [3.8, 4) is 5.88 Å². The van der Waals surface area contributed by atoms with Gasteiger partial charge in [-0.1, -0.05) is 20.8 Å². The van der Waals surface area contributed by atoms with E-state index in [-0.39, 0.29) is 5.92 Å². The van der Waals surface area contributed by atoms with Crippen molar-refractivity contribution in [3.63, 3.8) is 0 Å². The van der Waals surface area contributed by atoms with Crippen LogP contribution in [0.2, 0.25) is 0 Å². The van der Waals surface area contributed by atoms with Crippen molar-refractivity contribution in [2.75, 3.05) is 31.4 Å². The van der Waals surface area contributed by atoms with Crippen LogP contribution in [0, 0.1) is 0 Å². The Hall–Kier alpha value is -1.56. The summed E-state index contributed by atoms with van der Waals surface area (Å²) in [7, 11) is 1.63. The molecule has 114 valence electrons. The number of methoxy groups -OCH3 is 1. The smallest absolute Gasteiger partial charge is 0.242 e. The molecule has 20 heavy (non-hydrogen) atoms. The van der Waals surface area contributed by atoms with E-state index in [2.05, 4.69) is 29.1 Å². The summed E-state index contributed by atoms with van der Waals surface area (Å²) in [6.07, 6.45) is 0.986. The minimum absolute atomic E-state index is 0.206. The number of aromatic nitrogens is 2. The van der Waals surface area contributed by atoms with Gasteiger partial charge in [0.2, 0.25) is 5.88 Å². The van der Waals surface area contributed by atoms with Crippen molar-refractivity contribution in [1.29, 1.82) is 0 Å². The summed E-state index contributed by atoms with van der Waals surface area (Å²) >= 11 is 0. The van der Waals surface area contributed by atoms with Crippen LogP contribution >= 0.6 is 0 Å². The number of rotatable bonds is 8. The fraction of sp³-hybridized carbons (Fsp3) is 0.714. The zero-order valence-corrected chi connectivity index (χ0v) is 13.1. The Morgan fingerprint density at radius 3 is 2.45 bits per heavy atom. The van der Waals surface area contributed by atoms with E-state index >= 15 is 0 Å². The molecule has 0 radical (unpaired) electrons. The van der Waals surface area contributed by atoms with Gasteiger partial charge >= 0.3 is 0 Å². The Labute approximate surface area is 121 Å². The maximum Gasteiger partial charge on any atom is 0.242 e. The molecule has 0 aromatic carbocycles. The highest BCUT2D eigenvalue weighted by molar-refractivity contribution is 5.67. The van der Waals surface area contributed by atoms with Gasteiger partial charge < -0.3 is 20.5 Å². The Kier molecular flexibility index (Phi) is 6.51. The Bertz CT molecular complexity index is 424. The average molecular weight is 282 g/mol. The van der Waals surface area contributed by atoms with Gasteiger partial charge in [0.1, 0.15) is 18.1 Å². The van der Waals surface area contributed by atoms with Crippen molar-refractivity contribution in [2.24, 2.45) is 0 Å². The summed E-state index contributed by atoms with van der Waals surface area (Å²) in [5.41, 5.74) is 6.53. The molecule has 0 bridgehead atoms. The van der Waals surface area contributed by atoms with Crippen LogP contribution in [0.3, 0.4) is 0 Å². The van der Waals surface area contributed by atoms with E-state index in [0.29, 0.717) is 36.6 Å². The average Bonchev–Trinajstić information content (AvgIpc) is 2.42. The van der Waals surface area contributed by atoms with Crippen LogP contribution < -0.4 is 15.8 Å². The summed E-state index contributed by atoms with van der Waals surface area (Å²) < 4.78 is 10.6. The SMILES string of the molecule is CCC(C)Nc1nc(C(C)C)nc(OCCOC)c1N. The number of anilines is 2. The molecule has 0 saturated heterocycles. The second-order valence-electron chi connectivity index (χ2n) is 5.10. The van der Waals surface area contributed by atoms with Crippen molar-refractivity contribution in [2.45, 2.75) is 46.1 Å². The first-order valence-corrected chi connectivity index (χ1v) is 7.05. The fourth-order valence-electron chi connectivity index (χ4n) is 1.50. The maximum absolute atomic E-state index is 6.08. The van der Waals surface area contributed by atoms with Crippen LogP contribution in [0.1, 0.15) is 45.9 Å². The normalized spacial score (nSPS) is 12.5. The third-order valence-electron chi connectivity index (χ3n) is 2.97. The van der Waals surface area contributed by atoms with Gasteiger partial charge in [-0.15, -0.1) is 0 Å². The zero-order valence-electron chi connectivity index (χ0n) is 13.1. The fourth-order valence-corrected chi connectivity index (χ4v) is 1.50. The third-order valence-corrected chi connectivity index (χ3v) is 2.97. The van der Waals surface area contributed by atoms with Crippen molar-refractivity contribution in [1.82, 2.24) is 9.97 Å². The number of ether oxygens (including phenoxy) is 2. The highest BCUT2D eigenvalue weighted by Gasteiger charge is 2.16. The van der Waals surface area contributed by atoms with E-state index in [1.807, 2.05) is 13.8 Å². The quantitative estimate of drug-likeness (QED) is 0.713. The van der Waals surface area contributed by atoms with Gasteiger partial charge in [0.15, 0.2) is 5.82 Å². The number of nitrogen functional groups attached to an aromatic ring is 1. The number of hydrogen-bond acceptors (Lipinski definition) is 6. The monoisotopic (exact) mass is 282 g/mol. The van der Waals surface area contributed by atoms with E-state index in [1.54, 1.807) is 7.11 Å². The predicted molar refractivity (Wildman–Crippen MR) is 81.3 cm³/mol. The molecule has 0 saturated carbocycles. The molecule has 1 atom stereocenters. The molecule has 1 unspecified atom stereocenters. The van der Waals surface area contributed by atoms with Gasteiger partial charge in [-0.05, 0) is 13.3 Å². The van der Waals surface area contributed by atoms with Crippen LogP contribution in [0.25, 0.3) is 0 Å². The van der Waals surface area contributed by atoms with E-state index in [9.17, 15) is 0 Å². The second kappa shape index (κ2) is 7.89. The van der Waals surface area contributed by atoms with Crippen molar-refractivity contribution < 1.29 is 9.47 Å². The lowest BCUT2D eigenvalue weighted by atomic mass is 10.2. The highest BCUT2D eigenvalue weighted by atomic mass is 16.5. The molecule has 0 aliphatic carbocycles. The Balaban J connectivity index is 3.02. The molecule has 0 aliphatic rings. The lowest BCUT2D eigenvalue weighted by molar-refractivity contribution is 0.144. The largest absolute Gasteiger partial charge is 0.474 e. The van der Waals surface area contributed by atoms with Gasteiger partial charge in [0, 0.05) is 19.1 Å². The molecule has 6 heteroatoms. The first-order valence-electron chi connectivity index (χ1n) is 7.05. The topological polar surface area (TPSA) is 82.3 Å². The van der Waals surface area contributed by atoms with Crippen LogP contribution in [-0.2, 0) is 4.74 Å². The molecule has 0 spiro atoms. The molecule has 1 aromatic heterocycles. The van der Waals surface area contributed by atoms with Crippen LogP contribution in [0.15, 0.2) is 0 Å². The summed E-state index contributed by atoms with van der Waals surface area (Å²) in [4.78, 5) is 8.87. The van der Waals surface area contributed by atoms with Crippen molar-refractivity contribution in [3.05, 3.63) is 5.82 Å². The van der Waals surface area contributed by atoms with E-state index in [0.717, 1.165) is 12.2 Å². The lowest BCUT2D eigenvalue weighted by Crippen LogP contribution is -2.18. The first kappa shape index (κ1) is 16.5. The number of nitrogens with zero attached hydrogens (tertiary/aromatic N) is 2. The molecular weight excluding hydrogens is 256 g/mol. The predicted octanol–water partition coefficient (Wildman–Crippen LogP) is 2.42. The maximum atomic E-state index is 6.08. The molecule has 6 nitrogen and oxygen atoms in total. The van der Waals surface area contributed by atoms with Crippen LogP contribution in [-0.4, -0.2) is 36.3 Å². The zero-order chi connectivity index (χ0) is 15.1. The summed E-state index contributed by atoms with van der Waals surface area (Å²) in [6, 6.07) is 0.291. The minimum Gasteiger partial charge on any atom is -0.474 e. The molecule has 0 aliphatic heterocycles. The third kappa shape index (κ3) is 4.52. The molecule has 0 fully saturated rings. The van der Waals surface area contributed by atoms with Gasteiger partial charge in [0.05, 0.1) is 6.61 Å². The molecular formula is C14H26N4O2. The number of nitrogens with two attached hydrogens (primary N) is 1. The molecule has 1 rings (SSSR count). The molecule has 0 amide bonds. The van der Waals surface area contributed by atoms with Gasteiger partial charge in [-0.2, -0.15) is 4.98 Å². The Morgan fingerprint density at radius 1 is 1.20 bits per heavy atom. The Morgan fingerprint density at radius 2 is 1.90 bits per heavy atom. The summed E-state index contributed by atoms with van der Waals surface area (Å²) in [5.74, 6) is 1.99. The first-order chi connectivity index (χ1) is 9.49. The highest BCUT2D eigenvalue weighted by Crippen LogP contribution is 2.28.